The highest BCUT2D eigenvalue weighted by molar-refractivity contribution is 7.14. The Kier molecular flexibility index (Phi) is 5.31. The standard InChI is InChI=1S/C22H18N4O2S/c1-15-6-5-9-18(23-15)19-14-29-22(24-19)25-21(28)17-10-11-26(20(27)12-17)13-16-7-3-2-4-8-16/h2-12,14H,13H2,1H3,(H,24,25,28). The summed E-state index contributed by atoms with van der Waals surface area (Å²) in [5.41, 5.74) is 3.44. The number of hydrogen-bond acceptors (Lipinski definition) is 5. The molecule has 0 aliphatic carbocycles. The highest BCUT2D eigenvalue weighted by Crippen LogP contribution is 2.24. The minimum Gasteiger partial charge on any atom is -0.311 e. The van der Waals surface area contributed by atoms with Gasteiger partial charge in [-0.3, -0.25) is 19.9 Å². The van der Waals surface area contributed by atoms with Crippen molar-refractivity contribution in [2.45, 2.75) is 13.5 Å². The van der Waals surface area contributed by atoms with E-state index in [1.54, 1.807) is 16.8 Å². The molecule has 7 heteroatoms. The third-order valence-corrected chi connectivity index (χ3v) is 5.09. The number of carbonyl (C=O) groups excluding carboxylic acids is 1. The van der Waals surface area contributed by atoms with E-state index in [0.29, 0.717) is 22.9 Å². The molecule has 6 nitrogen and oxygen atoms in total. The van der Waals surface area contributed by atoms with Crippen molar-refractivity contribution in [3.8, 4) is 11.4 Å². The average molecular weight is 402 g/mol. The summed E-state index contributed by atoms with van der Waals surface area (Å²) < 4.78 is 1.57. The Morgan fingerprint density at radius 2 is 1.86 bits per heavy atom. The number of aryl methyl sites for hydroxylation is 1. The van der Waals surface area contributed by atoms with Gasteiger partial charge < -0.3 is 4.57 Å². The predicted octanol–water partition coefficient (Wildman–Crippen LogP) is 3.98. The largest absolute Gasteiger partial charge is 0.311 e. The molecule has 0 bridgehead atoms. The second-order valence-electron chi connectivity index (χ2n) is 6.52. The Bertz CT molecular complexity index is 1210. The van der Waals surface area contributed by atoms with Gasteiger partial charge in [0.15, 0.2) is 5.13 Å². The maximum atomic E-state index is 12.5. The molecule has 0 atom stereocenters. The van der Waals surface area contributed by atoms with E-state index >= 15 is 0 Å². The number of nitrogens with zero attached hydrogens (tertiary/aromatic N) is 3. The molecule has 0 saturated heterocycles. The van der Waals surface area contributed by atoms with E-state index in [9.17, 15) is 9.59 Å². The van der Waals surface area contributed by atoms with Crippen LogP contribution in [-0.4, -0.2) is 20.4 Å². The van der Waals surface area contributed by atoms with Gasteiger partial charge in [0.1, 0.15) is 5.69 Å². The van der Waals surface area contributed by atoms with Gasteiger partial charge in [0.25, 0.3) is 11.5 Å². The van der Waals surface area contributed by atoms with Gasteiger partial charge in [-0.05, 0) is 30.7 Å². The smallest absolute Gasteiger partial charge is 0.257 e. The first-order valence-corrected chi connectivity index (χ1v) is 9.92. The van der Waals surface area contributed by atoms with E-state index in [2.05, 4.69) is 15.3 Å². The van der Waals surface area contributed by atoms with Gasteiger partial charge in [-0.25, -0.2) is 4.98 Å². The van der Waals surface area contributed by atoms with Gasteiger partial charge in [0.05, 0.1) is 12.2 Å². The van der Waals surface area contributed by atoms with Crippen molar-refractivity contribution >= 4 is 22.4 Å². The minimum atomic E-state index is -0.368. The highest BCUT2D eigenvalue weighted by Gasteiger charge is 2.12. The average Bonchev–Trinajstić information content (AvgIpc) is 3.19. The molecule has 0 unspecified atom stereocenters. The van der Waals surface area contributed by atoms with Gasteiger partial charge in [0.2, 0.25) is 0 Å². The quantitative estimate of drug-likeness (QED) is 0.548. The molecule has 3 heterocycles. The molecule has 4 aromatic rings. The van der Waals surface area contributed by atoms with Gasteiger partial charge >= 0.3 is 0 Å². The van der Waals surface area contributed by atoms with Crippen molar-refractivity contribution < 1.29 is 4.79 Å². The summed E-state index contributed by atoms with van der Waals surface area (Å²) in [6.07, 6.45) is 1.63. The number of rotatable bonds is 5. The zero-order chi connectivity index (χ0) is 20.2. The monoisotopic (exact) mass is 402 g/mol. The normalized spacial score (nSPS) is 10.7. The van der Waals surface area contributed by atoms with Crippen LogP contribution in [0, 0.1) is 6.92 Å². The van der Waals surface area contributed by atoms with Crippen molar-refractivity contribution in [2.75, 3.05) is 5.32 Å². The fraction of sp³-hybridized carbons (Fsp3) is 0.0909. The number of pyridine rings is 2. The lowest BCUT2D eigenvalue weighted by Gasteiger charge is -2.07. The molecule has 4 rings (SSSR count). The zero-order valence-electron chi connectivity index (χ0n) is 15.7. The number of anilines is 1. The van der Waals surface area contributed by atoms with Crippen molar-refractivity contribution in [3.63, 3.8) is 0 Å². The molecule has 29 heavy (non-hydrogen) atoms. The molecule has 0 radical (unpaired) electrons. The second kappa shape index (κ2) is 8.20. The molecule has 144 valence electrons. The van der Waals surface area contributed by atoms with Gasteiger partial charge in [0, 0.05) is 28.9 Å². The Morgan fingerprint density at radius 3 is 2.62 bits per heavy atom. The Labute approximate surface area is 171 Å². The van der Waals surface area contributed by atoms with Crippen LogP contribution in [0.15, 0.2) is 77.0 Å². The van der Waals surface area contributed by atoms with Crippen molar-refractivity contribution in [3.05, 3.63) is 99.4 Å². The zero-order valence-corrected chi connectivity index (χ0v) is 16.5. The lowest BCUT2D eigenvalue weighted by atomic mass is 10.2. The summed E-state index contributed by atoms with van der Waals surface area (Å²) in [7, 11) is 0. The molecule has 0 saturated carbocycles. The minimum absolute atomic E-state index is 0.231. The first-order valence-electron chi connectivity index (χ1n) is 9.04. The van der Waals surface area contributed by atoms with Crippen LogP contribution in [0.1, 0.15) is 21.6 Å². The molecule has 0 aliphatic heterocycles. The molecular weight excluding hydrogens is 384 g/mol. The van der Waals surface area contributed by atoms with E-state index in [1.807, 2.05) is 60.8 Å². The SMILES string of the molecule is Cc1cccc(-c2csc(NC(=O)c3ccn(Cc4ccccc4)c(=O)c3)n2)n1. The third-order valence-electron chi connectivity index (χ3n) is 4.33. The summed E-state index contributed by atoms with van der Waals surface area (Å²) in [5.74, 6) is -0.368. The predicted molar refractivity (Wildman–Crippen MR) is 114 cm³/mol. The number of aromatic nitrogens is 3. The first kappa shape index (κ1) is 18.8. The summed E-state index contributed by atoms with van der Waals surface area (Å²) >= 11 is 1.32. The number of hydrogen-bond donors (Lipinski definition) is 1. The highest BCUT2D eigenvalue weighted by atomic mass is 32.1. The van der Waals surface area contributed by atoms with Crippen LogP contribution in [-0.2, 0) is 6.54 Å². The summed E-state index contributed by atoms with van der Waals surface area (Å²) in [4.78, 5) is 33.8. The Morgan fingerprint density at radius 1 is 1.03 bits per heavy atom. The van der Waals surface area contributed by atoms with Crippen molar-refractivity contribution in [1.82, 2.24) is 14.5 Å². The van der Waals surface area contributed by atoms with E-state index in [0.717, 1.165) is 17.0 Å². The molecule has 3 aromatic heterocycles. The fourth-order valence-electron chi connectivity index (χ4n) is 2.86. The number of amides is 1. The molecule has 0 fully saturated rings. The van der Waals surface area contributed by atoms with Crippen LogP contribution in [0.25, 0.3) is 11.4 Å². The van der Waals surface area contributed by atoms with E-state index in [-0.39, 0.29) is 11.5 Å². The first-order chi connectivity index (χ1) is 14.1. The molecule has 1 aromatic carbocycles. The van der Waals surface area contributed by atoms with Crippen LogP contribution in [0.3, 0.4) is 0 Å². The fourth-order valence-corrected chi connectivity index (χ4v) is 3.56. The Balaban J connectivity index is 1.48. The topological polar surface area (TPSA) is 76.9 Å². The van der Waals surface area contributed by atoms with Crippen LogP contribution < -0.4 is 10.9 Å². The van der Waals surface area contributed by atoms with Crippen LogP contribution in [0.2, 0.25) is 0 Å². The van der Waals surface area contributed by atoms with Crippen LogP contribution in [0.4, 0.5) is 5.13 Å². The lowest BCUT2D eigenvalue weighted by Crippen LogP contribution is -2.22. The van der Waals surface area contributed by atoms with Crippen molar-refractivity contribution in [2.24, 2.45) is 0 Å². The van der Waals surface area contributed by atoms with Crippen LogP contribution in [0.5, 0.6) is 0 Å². The maximum absolute atomic E-state index is 12.5. The summed E-state index contributed by atoms with van der Waals surface area (Å²) in [6, 6.07) is 18.4. The van der Waals surface area contributed by atoms with Gasteiger partial charge in [-0.1, -0.05) is 36.4 Å². The number of nitrogens with one attached hydrogen (secondary N) is 1. The number of benzene rings is 1. The molecule has 0 aliphatic rings. The molecule has 1 amide bonds. The van der Waals surface area contributed by atoms with E-state index in [4.69, 9.17) is 0 Å². The van der Waals surface area contributed by atoms with E-state index in [1.165, 1.54) is 17.4 Å². The van der Waals surface area contributed by atoms with Gasteiger partial charge in [-0.2, -0.15) is 0 Å². The van der Waals surface area contributed by atoms with E-state index < -0.39 is 0 Å². The summed E-state index contributed by atoms with van der Waals surface area (Å²) in [5, 5.41) is 5.05. The van der Waals surface area contributed by atoms with Gasteiger partial charge in [-0.15, -0.1) is 11.3 Å². The maximum Gasteiger partial charge on any atom is 0.257 e. The Hall–Kier alpha value is -3.58. The van der Waals surface area contributed by atoms with Crippen LogP contribution >= 0.6 is 11.3 Å². The molecular formula is C22H18N4O2S. The second-order valence-corrected chi connectivity index (χ2v) is 7.38. The molecule has 0 spiro atoms. The third kappa shape index (κ3) is 4.47. The molecule has 1 N–H and O–H groups in total. The number of thiazole rings is 1. The van der Waals surface area contributed by atoms with Crippen molar-refractivity contribution in [1.29, 1.82) is 0 Å². The number of carbonyl (C=O) groups is 1. The lowest BCUT2D eigenvalue weighted by molar-refractivity contribution is 0.102. The summed E-state index contributed by atoms with van der Waals surface area (Å²) in [6.45, 7) is 2.37.